The Kier molecular flexibility index (Phi) is 5.88. The van der Waals surface area contributed by atoms with E-state index in [1.807, 2.05) is 18.2 Å². The lowest BCUT2D eigenvalue weighted by atomic mass is 10.1. The summed E-state index contributed by atoms with van der Waals surface area (Å²) >= 11 is 0. The summed E-state index contributed by atoms with van der Waals surface area (Å²) in [6.07, 6.45) is 0.763. The number of esters is 1. The Bertz CT molecular complexity index is 1090. The van der Waals surface area contributed by atoms with Gasteiger partial charge in [0.05, 0.1) is 18.8 Å². The Morgan fingerprint density at radius 1 is 1.17 bits per heavy atom. The molecule has 1 heterocycles. The van der Waals surface area contributed by atoms with E-state index in [1.54, 1.807) is 30.3 Å². The van der Waals surface area contributed by atoms with Gasteiger partial charge in [0.2, 0.25) is 0 Å². The summed E-state index contributed by atoms with van der Waals surface area (Å²) in [5.74, 6) is -0.761. The number of methoxy groups -OCH3 is 1. The summed E-state index contributed by atoms with van der Waals surface area (Å²) < 4.78 is 10.6. The molecule has 0 radical (unpaired) electrons. The third-order valence-electron chi connectivity index (χ3n) is 3.94. The van der Waals surface area contributed by atoms with Crippen LogP contribution in [0.4, 0.5) is 9.59 Å². The van der Waals surface area contributed by atoms with E-state index >= 15 is 0 Å². The molecule has 0 aliphatic rings. The molecule has 148 valence electrons. The normalized spacial score (nSPS) is 11.1. The van der Waals surface area contributed by atoms with Crippen molar-refractivity contribution in [1.29, 1.82) is 0 Å². The average Bonchev–Trinajstić information content (AvgIpc) is 3.15. The highest BCUT2D eigenvalue weighted by Crippen LogP contribution is 2.18. The zero-order chi connectivity index (χ0) is 20.8. The summed E-state index contributed by atoms with van der Waals surface area (Å²) in [4.78, 5) is 35.2. The molecule has 9 heteroatoms. The van der Waals surface area contributed by atoms with Gasteiger partial charge in [-0.1, -0.05) is 36.4 Å². The van der Waals surface area contributed by atoms with Crippen LogP contribution >= 0.6 is 0 Å². The predicted octanol–water partition coefficient (Wildman–Crippen LogP) is 3.00. The van der Waals surface area contributed by atoms with Gasteiger partial charge in [-0.15, -0.1) is 0 Å². The van der Waals surface area contributed by atoms with Gasteiger partial charge in [0.15, 0.2) is 0 Å². The fraction of sp³-hybridized carbons (Fsp3) is 0.100. The van der Waals surface area contributed by atoms with E-state index in [4.69, 9.17) is 14.6 Å². The highest BCUT2D eigenvalue weighted by Gasteiger charge is 2.15. The molecule has 3 rings (SSSR count). The van der Waals surface area contributed by atoms with Crippen LogP contribution in [0.2, 0.25) is 0 Å². The van der Waals surface area contributed by atoms with Gasteiger partial charge in [-0.05, 0) is 29.3 Å². The van der Waals surface area contributed by atoms with Gasteiger partial charge in [-0.3, -0.25) is 5.32 Å². The molecule has 0 saturated heterocycles. The number of ether oxygens (including phenoxy) is 2. The highest BCUT2D eigenvalue weighted by atomic mass is 16.6. The van der Waals surface area contributed by atoms with Crippen molar-refractivity contribution in [2.45, 2.75) is 6.61 Å². The number of amides is 1. The molecule has 29 heavy (non-hydrogen) atoms. The Balaban J connectivity index is 1.78. The van der Waals surface area contributed by atoms with Crippen molar-refractivity contribution >= 4 is 35.1 Å². The maximum absolute atomic E-state index is 12.1. The standard InChI is InChI=1S/C20H17N3O6/c1-28-18(24)16(22-19(25)29-12-13-5-3-2-4-6-13)10-14-7-8-17-15(9-14)11-21-23(17)20(26)27/h2-11H,12H2,1H3,(H,22,25)(H,26,27)/b16-10+. The topological polar surface area (TPSA) is 120 Å². The summed E-state index contributed by atoms with van der Waals surface area (Å²) in [5, 5.41) is 15.8. The SMILES string of the molecule is COC(=O)/C(=C\c1ccc2c(cnn2C(=O)O)c1)NC(=O)OCc1ccccc1. The molecule has 1 aromatic heterocycles. The van der Waals surface area contributed by atoms with Crippen LogP contribution in [0.5, 0.6) is 0 Å². The molecule has 1 amide bonds. The van der Waals surface area contributed by atoms with Gasteiger partial charge in [0, 0.05) is 5.39 Å². The smallest absolute Gasteiger partial charge is 0.432 e. The lowest BCUT2D eigenvalue weighted by molar-refractivity contribution is -0.136. The van der Waals surface area contributed by atoms with Crippen molar-refractivity contribution in [3.05, 3.63) is 71.6 Å². The van der Waals surface area contributed by atoms with Crippen molar-refractivity contribution in [3.8, 4) is 0 Å². The van der Waals surface area contributed by atoms with Crippen LogP contribution in [-0.4, -0.2) is 40.2 Å². The van der Waals surface area contributed by atoms with Crippen LogP contribution in [0.3, 0.4) is 0 Å². The zero-order valence-corrected chi connectivity index (χ0v) is 15.4. The minimum atomic E-state index is -1.21. The van der Waals surface area contributed by atoms with Crippen molar-refractivity contribution in [2.75, 3.05) is 7.11 Å². The Morgan fingerprint density at radius 2 is 1.93 bits per heavy atom. The molecule has 2 aromatic carbocycles. The monoisotopic (exact) mass is 395 g/mol. The molecule has 0 aliphatic carbocycles. The molecule has 0 aliphatic heterocycles. The lowest BCUT2D eigenvalue weighted by Gasteiger charge is -2.09. The number of benzene rings is 2. The van der Waals surface area contributed by atoms with Gasteiger partial charge < -0.3 is 14.6 Å². The van der Waals surface area contributed by atoms with Crippen molar-refractivity contribution in [3.63, 3.8) is 0 Å². The van der Waals surface area contributed by atoms with E-state index in [2.05, 4.69) is 10.4 Å². The van der Waals surface area contributed by atoms with E-state index in [9.17, 15) is 14.4 Å². The van der Waals surface area contributed by atoms with E-state index in [-0.39, 0.29) is 12.3 Å². The van der Waals surface area contributed by atoms with Crippen LogP contribution in [0.15, 0.2) is 60.4 Å². The van der Waals surface area contributed by atoms with Crippen LogP contribution in [0.1, 0.15) is 11.1 Å². The van der Waals surface area contributed by atoms with Gasteiger partial charge in [0.25, 0.3) is 0 Å². The molecule has 9 nitrogen and oxygen atoms in total. The van der Waals surface area contributed by atoms with Gasteiger partial charge in [0.1, 0.15) is 12.3 Å². The first-order chi connectivity index (χ1) is 14.0. The minimum Gasteiger partial charge on any atom is -0.464 e. The number of nitrogens with zero attached hydrogens (tertiary/aromatic N) is 2. The molecule has 0 atom stereocenters. The summed E-state index contributed by atoms with van der Waals surface area (Å²) in [5.41, 5.74) is 1.60. The number of fused-ring (bicyclic) bond motifs is 1. The van der Waals surface area contributed by atoms with Crippen LogP contribution in [0, 0.1) is 0 Å². The summed E-state index contributed by atoms with van der Waals surface area (Å²) in [6.45, 7) is 0.0431. The second-order valence-corrected chi connectivity index (χ2v) is 5.89. The fourth-order valence-corrected chi connectivity index (χ4v) is 2.59. The number of alkyl carbamates (subject to hydrolysis) is 1. The molecule has 0 unspecified atom stereocenters. The van der Waals surface area contributed by atoms with Crippen molar-refractivity contribution in [1.82, 2.24) is 15.1 Å². The van der Waals surface area contributed by atoms with E-state index < -0.39 is 18.2 Å². The van der Waals surface area contributed by atoms with E-state index in [1.165, 1.54) is 19.4 Å². The Hall–Kier alpha value is -4.14. The number of rotatable bonds is 5. The molecule has 0 bridgehead atoms. The van der Waals surface area contributed by atoms with Crippen LogP contribution < -0.4 is 5.32 Å². The van der Waals surface area contributed by atoms with Gasteiger partial charge in [-0.25, -0.2) is 14.4 Å². The molecule has 2 N–H and O–H groups in total. The zero-order valence-electron chi connectivity index (χ0n) is 15.4. The highest BCUT2D eigenvalue weighted by molar-refractivity contribution is 5.97. The fourth-order valence-electron chi connectivity index (χ4n) is 2.59. The first-order valence-electron chi connectivity index (χ1n) is 8.46. The molecule has 0 spiro atoms. The van der Waals surface area contributed by atoms with Gasteiger partial charge in [-0.2, -0.15) is 9.78 Å². The molecular weight excluding hydrogens is 378 g/mol. The summed E-state index contributed by atoms with van der Waals surface area (Å²) in [7, 11) is 1.19. The molecule has 3 aromatic rings. The number of carbonyl (C=O) groups is 3. The van der Waals surface area contributed by atoms with Crippen LogP contribution in [-0.2, 0) is 20.9 Å². The molecule has 0 fully saturated rings. The predicted molar refractivity (Wildman–Crippen MR) is 103 cm³/mol. The number of nitrogens with one attached hydrogen (secondary N) is 1. The van der Waals surface area contributed by atoms with Crippen LogP contribution in [0.25, 0.3) is 17.0 Å². The number of aromatic nitrogens is 2. The van der Waals surface area contributed by atoms with E-state index in [0.29, 0.717) is 16.5 Å². The number of carbonyl (C=O) groups excluding carboxylic acids is 2. The number of hydrogen-bond acceptors (Lipinski definition) is 6. The van der Waals surface area contributed by atoms with E-state index in [0.717, 1.165) is 10.2 Å². The first-order valence-corrected chi connectivity index (χ1v) is 8.46. The lowest BCUT2D eigenvalue weighted by Crippen LogP contribution is -2.28. The number of carboxylic acid groups (broad SMARTS) is 1. The molecule has 0 saturated carbocycles. The molecular formula is C20H17N3O6. The minimum absolute atomic E-state index is 0.0431. The number of hydrogen-bond donors (Lipinski definition) is 2. The maximum atomic E-state index is 12.1. The first kappa shape index (κ1) is 19.6. The third kappa shape index (κ3) is 4.78. The third-order valence-corrected chi connectivity index (χ3v) is 3.94. The second kappa shape index (κ2) is 8.70. The largest absolute Gasteiger partial charge is 0.464 e. The average molecular weight is 395 g/mol. The van der Waals surface area contributed by atoms with Gasteiger partial charge >= 0.3 is 18.2 Å². The Labute approximate surface area is 165 Å². The van der Waals surface area contributed by atoms with Crippen molar-refractivity contribution < 1.29 is 29.0 Å². The van der Waals surface area contributed by atoms with Crippen molar-refractivity contribution in [2.24, 2.45) is 0 Å². The second-order valence-electron chi connectivity index (χ2n) is 5.89. The maximum Gasteiger partial charge on any atom is 0.432 e. The summed E-state index contributed by atoms with van der Waals surface area (Å²) in [6, 6.07) is 13.8. The quantitative estimate of drug-likeness (QED) is 0.503. The Morgan fingerprint density at radius 3 is 2.62 bits per heavy atom.